The number of hydrogen-bond donors (Lipinski definition) is 1. The Hall–Kier alpha value is -1.45. The van der Waals surface area contributed by atoms with Gasteiger partial charge in [0.1, 0.15) is 5.82 Å². The largest absolute Gasteiger partial charge is 0.353 e. The molecule has 1 aromatic rings. The first-order valence-corrected chi connectivity index (χ1v) is 8.81. The predicted molar refractivity (Wildman–Crippen MR) is 86.5 cm³/mol. The standard InChI is InChI=1S/C18H27N3O/c1-13-19-12-15-11-16(8-9-17(15)20-13)21-18(22)10-7-14-5-3-2-4-6-14/h12,14,16H,2-11H2,1H3,(H,21,22)/t16-/m1/s1. The maximum Gasteiger partial charge on any atom is 0.220 e. The molecule has 1 amide bonds. The van der Waals surface area contributed by atoms with Gasteiger partial charge in [-0.25, -0.2) is 9.97 Å². The maximum absolute atomic E-state index is 12.2. The van der Waals surface area contributed by atoms with Gasteiger partial charge in [-0.05, 0) is 44.1 Å². The summed E-state index contributed by atoms with van der Waals surface area (Å²) in [7, 11) is 0. The fraction of sp³-hybridized carbons (Fsp3) is 0.722. The van der Waals surface area contributed by atoms with E-state index in [1.165, 1.54) is 43.4 Å². The van der Waals surface area contributed by atoms with Crippen LogP contribution < -0.4 is 5.32 Å². The number of rotatable bonds is 4. The highest BCUT2D eigenvalue weighted by molar-refractivity contribution is 5.76. The van der Waals surface area contributed by atoms with Crippen molar-refractivity contribution in [2.45, 2.75) is 77.2 Å². The van der Waals surface area contributed by atoms with Gasteiger partial charge in [-0.3, -0.25) is 4.79 Å². The van der Waals surface area contributed by atoms with Crippen molar-refractivity contribution in [3.63, 3.8) is 0 Å². The topological polar surface area (TPSA) is 54.9 Å². The Labute approximate surface area is 133 Å². The highest BCUT2D eigenvalue weighted by Crippen LogP contribution is 2.27. The van der Waals surface area contributed by atoms with Crippen molar-refractivity contribution in [1.82, 2.24) is 15.3 Å². The smallest absolute Gasteiger partial charge is 0.220 e. The van der Waals surface area contributed by atoms with Crippen LogP contribution in [-0.2, 0) is 17.6 Å². The van der Waals surface area contributed by atoms with Gasteiger partial charge in [0.2, 0.25) is 5.91 Å². The van der Waals surface area contributed by atoms with E-state index in [1.54, 1.807) is 0 Å². The molecule has 0 aliphatic heterocycles. The molecule has 1 fully saturated rings. The number of nitrogens with one attached hydrogen (secondary N) is 1. The van der Waals surface area contributed by atoms with Gasteiger partial charge in [-0.15, -0.1) is 0 Å². The Kier molecular flexibility index (Phi) is 5.06. The Morgan fingerprint density at radius 2 is 2.09 bits per heavy atom. The highest BCUT2D eigenvalue weighted by Gasteiger charge is 2.22. The van der Waals surface area contributed by atoms with Crippen LogP contribution in [0.25, 0.3) is 0 Å². The lowest BCUT2D eigenvalue weighted by atomic mass is 9.86. The molecule has 1 saturated carbocycles. The molecule has 22 heavy (non-hydrogen) atoms. The average molecular weight is 301 g/mol. The number of aromatic nitrogens is 2. The second kappa shape index (κ2) is 7.21. The molecule has 0 unspecified atom stereocenters. The molecule has 1 heterocycles. The Morgan fingerprint density at radius 1 is 1.27 bits per heavy atom. The second-order valence-corrected chi connectivity index (χ2v) is 6.94. The van der Waals surface area contributed by atoms with Crippen molar-refractivity contribution in [1.29, 1.82) is 0 Å². The molecule has 120 valence electrons. The number of hydrogen-bond acceptors (Lipinski definition) is 3. The Bertz CT molecular complexity index is 523. The summed E-state index contributed by atoms with van der Waals surface area (Å²) < 4.78 is 0. The van der Waals surface area contributed by atoms with Crippen LogP contribution in [0.4, 0.5) is 0 Å². The minimum Gasteiger partial charge on any atom is -0.353 e. The number of carbonyl (C=O) groups is 1. The van der Waals surface area contributed by atoms with Gasteiger partial charge >= 0.3 is 0 Å². The molecular formula is C18H27N3O. The number of fused-ring (bicyclic) bond motifs is 1. The summed E-state index contributed by atoms with van der Waals surface area (Å²) in [4.78, 5) is 21.0. The summed E-state index contributed by atoms with van der Waals surface area (Å²) in [5, 5.41) is 3.22. The molecule has 1 N–H and O–H groups in total. The van der Waals surface area contributed by atoms with E-state index in [9.17, 15) is 4.79 Å². The fourth-order valence-electron chi connectivity index (χ4n) is 3.84. The summed E-state index contributed by atoms with van der Waals surface area (Å²) >= 11 is 0. The van der Waals surface area contributed by atoms with Crippen molar-refractivity contribution in [2.75, 3.05) is 0 Å². The third-order valence-corrected chi connectivity index (χ3v) is 5.14. The molecule has 3 rings (SSSR count). The summed E-state index contributed by atoms with van der Waals surface area (Å²) in [5.41, 5.74) is 2.37. The first-order valence-electron chi connectivity index (χ1n) is 8.81. The average Bonchev–Trinajstić information content (AvgIpc) is 2.54. The van der Waals surface area contributed by atoms with Gasteiger partial charge in [0.05, 0.1) is 0 Å². The summed E-state index contributed by atoms with van der Waals surface area (Å²) in [6.07, 6.45) is 13.2. The van der Waals surface area contributed by atoms with Crippen LogP contribution in [-0.4, -0.2) is 21.9 Å². The van der Waals surface area contributed by atoms with Crippen LogP contribution in [0.2, 0.25) is 0 Å². The third-order valence-electron chi connectivity index (χ3n) is 5.14. The number of nitrogens with zero attached hydrogens (tertiary/aromatic N) is 2. The number of amides is 1. The monoisotopic (exact) mass is 301 g/mol. The van der Waals surface area contributed by atoms with Crippen LogP contribution in [0.3, 0.4) is 0 Å². The first kappa shape index (κ1) is 15.4. The van der Waals surface area contributed by atoms with Crippen LogP contribution in [0, 0.1) is 12.8 Å². The van der Waals surface area contributed by atoms with E-state index in [1.807, 2.05) is 13.1 Å². The van der Waals surface area contributed by atoms with Crippen molar-refractivity contribution in [2.24, 2.45) is 5.92 Å². The number of carbonyl (C=O) groups excluding carboxylic acids is 1. The van der Waals surface area contributed by atoms with Gasteiger partial charge in [0, 0.05) is 24.4 Å². The van der Waals surface area contributed by atoms with Crippen molar-refractivity contribution >= 4 is 5.91 Å². The first-order chi connectivity index (χ1) is 10.7. The Balaban J connectivity index is 1.45. The zero-order valence-corrected chi connectivity index (χ0v) is 13.6. The quantitative estimate of drug-likeness (QED) is 0.929. The maximum atomic E-state index is 12.2. The van der Waals surface area contributed by atoms with Gasteiger partial charge in [-0.1, -0.05) is 32.1 Å². The summed E-state index contributed by atoms with van der Waals surface area (Å²) in [5.74, 6) is 1.85. The van der Waals surface area contributed by atoms with Gasteiger partial charge in [0.15, 0.2) is 0 Å². The summed E-state index contributed by atoms with van der Waals surface area (Å²) in [6.45, 7) is 1.93. The molecule has 1 atom stereocenters. The van der Waals surface area contributed by atoms with Crippen molar-refractivity contribution < 1.29 is 4.79 Å². The van der Waals surface area contributed by atoms with E-state index in [2.05, 4.69) is 15.3 Å². The van der Waals surface area contributed by atoms with Crippen LogP contribution in [0.15, 0.2) is 6.20 Å². The minimum atomic E-state index is 0.229. The van der Waals surface area contributed by atoms with Crippen molar-refractivity contribution in [3.05, 3.63) is 23.3 Å². The second-order valence-electron chi connectivity index (χ2n) is 6.94. The van der Waals surface area contributed by atoms with Crippen molar-refractivity contribution in [3.8, 4) is 0 Å². The summed E-state index contributed by atoms with van der Waals surface area (Å²) in [6, 6.07) is 0.262. The molecule has 2 aliphatic carbocycles. The lowest BCUT2D eigenvalue weighted by Gasteiger charge is -2.25. The van der Waals surface area contributed by atoms with E-state index in [-0.39, 0.29) is 11.9 Å². The highest BCUT2D eigenvalue weighted by atomic mass is 16.1. The molecule has 0 radical (unpaired) electrons. The molecule has 4 nitrogen and oxygen atoms in total. The minimum absolute atomic E-state index is 0.229. The van der Waals surface area contributed by atoms with Crippen LogP contribution in [0.5, 0.6) is 0 Å². The fourth-order valence-corrected chi connectivity index (χ4v) is 3.84. The molecule has 0 spiro atoms. The lowest BCUT2D eigenvalue weighted by Crippen LogP contribution is -2.39. The van der Waals surface area contributed by atoms with E-state index < -0.39 is 0 Å². The lowest BCUT2D eigenvalue weighted by molar-refractivity contribution is -0.122. The van der Waals surface area contributed by atoms with Gasteiger partial charge in [-0.2, -0.15) is 0 Å². The van der Waals surface area contributed by atoms with E-state index in [0.29, 0.717) is 6.42 Å². The molecule has 0 saturated heterocycles. The SMILES string of the molecule is Cc1ncc2c(n1)CC[C@@H](NC(=O)CCC1CCCCC1)C2. The molecule has 2 aliphatic rings. The third kappa shape index (κ3) is 4.05. The zero-order chi connectivity index (χ0) is 15.4. The normalized spacial score (nSPS) is 22.1. The van der Waals surface area contributed by atoms with Crippen LogP contribution in [0.1, 0.15) is 68.4 Å². The van der Waals surface area contributed by atoms with Gasteiger partial charge in [0.25, 0.3) is 0 Å². The molecule has 0 aromatic carbocycles. The van der Waals surface area contributed by atoms with E-state index >= 15 is 0 Å². The van der Waals surface area contributed by atoms with Crippen LogP contribution >= 0.6 is 0 Å². The van der Waals surface area contributed by atoms with Gasteiger partial charge < -0.3 is 5.32 Å². The van der Waals surface area contributed by atoms with E-state index in [4.69, 9.17) is 0 Å². The molecule has 1 aromatic heterocycles. The molecule has 4 heteroatoms. The zero-order valence-electron chi connectivity index (χ0n) is 13.6. The number of aryl methyl sites for hydroxylation is 2. The molecule has 0 bridgehead atoms. The molecular weight excluding hydrogens is 274 g/mol. The Morgan fingerprint density at radius 3 is 2.91 bits per heavy atom. The predicted octanol–water partition coefficient (Wildman–Crippen LogP) is 3.12. The van der Waals surface area contributed by atoms with E-state index in [0.717, 1.165) is 37.4 Å².